The Morgan fingerprint density at radius 1 is 1.47 bits per heavy atom. The van der Waals surface area contributed by atoms with Gasteiger partial charge in [0.15, 0.2) is 0 Å². The summed E-state index contributed by atoms with van der Waals surface area (Å²) >= 11 is 1.59. The van der Waals surface area contributed by atoms with Gasteiger partial charge in [0.25, 0.3) is 5.69 Å². The summed E-state index contributed by atoms with van der Waals surface area (Å²) in [6.45, 7) is 1.94. The molecule has 19 heavy (non-hydrogen) atoms. The predicted octanol–water partition coefficient (Wildman–Crippen LogP) is 3.70. The largest absolute Gasteiger partial charge is 0.372 e. The van der Waals surface area contributed by atoms with E-state index in [-0.39, 0.29) is 17.3 Å². The van der Waals surface area contributed by atoms with E-state index in [1.54, 1.807) is 23.5 Å². The standard InChI is InChI=1S/C13H11N3O2S/c1-9(13-3-2-6-19-13)15-11-5-4-10(8-14)7-12(11)16(17)18/h2-7,9,15H,1H3. The Hall–Kier alpha value is -2.39. The fourth-order valence-corrected chi connectivity index (χ4v) is 2.45. The highest BCUT2D eigenvalue weighted by atomic mass is 32.1. The molecule has 0 saturated carbocycles. The fraction of sp³-hybridized carbons (Fsp3) is 0.154. The van der Waals surface area contributed by atoms with Crippen LogP contribution in [0.2, 0.25) is 0 Å². The van der Waals surface area contributed by atoms with Gasteiger partial charge >= 0.3 is 0 Å². The lowest BCUT2D eigenvalue weighted by Crippen LogP contribution is -2.07. The summed E-state index contributed by atoms with van der Waals surface area (Å²) in [5.74, 6) is 0. The maximum Gasteiger partial charge on any atom is 0.293 e. The molecule has 1 heterocycles. The van der Waals surface area contributed by atoms with Crippen molar-refractivity contribution in [3.05, 3.63) is 56.3 Å². The van der Waals surface area contributed by atoms with Gasteiger partial charge in [-0.3, -0.25) is 10.1 Å². The van der Waals surface area contributed by atoms with Gasteiger partial charge in [-0.1, -0.05) is 6.07 Å². The first-order valence-corrected chi connectivity index (χ1v) is 6.48. The van der Waals surface area contributed by atoms with Crippen LogP contribution in [0.1, 0.15) is 23.4 Å². The lowest BCUT2D eigenvalue weighted by Gasteiger charge is -2.13. The maximum absolute atomic E-state index is 11.0. The molecule has 1 aromatic heterocycles. The summed E-state index contributed by atoms with van der Waals surface area (Å²) in [5, 5.41) is 24.9. The third-order valence-electron chi connectivity index (χ3n) is 2.67. The molecule has 0 saturated heterocycles. The van der Waals surface area contributed by atoms with Crippen LogP contribution in [-0.4, -0.2) is 4.92 Å². The minimum absolute atomic E-state index is 0.0216. The van der Waals surface area contributed by atoms with Crippen molar-refractivity contribution in [2.45, 2.75) is 13.0 Å². The first-order chi connectivity index (χ1) is 9.11. The first kappa shape index (κ1) is 13.1. The summed E-state index contributed by atoms with van der Waals surface area (Å²) in [4.78, 5) is 11.6. The number of hydrogen-bond donors (Lipinski definition) is 1. The maximum atomic E-state index is 11.0. The van der Waals surface area contributed by atoms with Crippen LogP contribution >= 0.6 is 11.3 Å². The molecule has 0 amide bonds. The monoisotopic (exact) mass is 273 g/mol. The molecule has 1 aromatic carbocycles. The van der Waals surface area contributed by atoms with Gasteiger partial charge in [0.05, 0.1) is 22.6 Å². The van der Waals surface area contributed by atoms with E-state index in [0.29, 0.717) is 5.69 Å². The van der Waals surface area contributed by atoms with Gasteiger partial charge < -0.3 is 5.32 Å². The van der Waals surface area contributed by atoms with Gasteiger partial charge in [0, 0.05) is 10.9 Å². The molecule has 2 aromatic rings. The van der Waals surface area contributed by atoms with Crippen LogP contribution in [0.5, 0.6) is 0 Å². The predicted molar refractivity (Wildman–Crippen MR) is 74.2 cm³/mol. The molecule has 0 spiro atoms. The Morgan fingerprint density at radius 3 is 2.84 bits per heavy atom. The van der Waals surface area contributed by atoms with Gasteiger partial charge in [-0.05, 0) is 30.5 Å². The second kappa shape index (κ2) is 5.50. The lowest BCUT2D eigenvalue weighted by atomic mass is 10.1. The topological polar surface area (TPSA) is 79.0 Å². The van der Waals surface area contributed by atoms with Gasteiger partial charge in [0.2, 0.25) is 0 Å². The zero-order chi connectivity index (χ0) is 13.8. The smallest absolute Gasteiger partial charge is 0.293 e. The molecule has 0 aliphatic rings. The van der Waals surface area contributed by atoms with Crippen LogP contribution in [0.25, 0.3) is 0 Å². The van der Waals surface area contributed by atoms with Gasteiger partial charge in [-0.15, -0.1) is 11.3 Å². The lowest BCUT2D eigenvalue weighted by molar-refractivity contribution is -0.384. The Kier molecular flexibility index (Phi) is 3.78. The molecule has 1 atom stereocenters. The average Bonchev–Trinajstić information content (AvgIpc) is 2.92. The van der Waals surface area contributed by atoms with Crippen LogP contribution in [-0.2, 0) is 0 Å². The number of nitro groups is 1. The molecular formula is C13H11N3O2S. The number of rotatable bonds is 4. The van der Waals surface area contributed by atoms with E-state index in [9.17, 15) is 10.1 Å². The van der Waals surface area contributed by atoms with Gasteiger partial charge in [-0.25, -0.2) is 0 Å². The summed E-state index contributed by atoms with van der Waals surface area (Å²) in [7, 11) is 0. The Labute approximate surface area is 114 Å². The minimum Gasteiger partial charge on any atom is -0.372 e. The number of nitrogens with zero attached hydrogens (tertiary/aromatic N) is 2. The van der Waals surface area contributed by atoms with Crippen molar-refractivity contribution >= 4 is 22.7 Å². The highest BCUT2D eigenvalue weighted by Gasteiger charge is 2.17. The molecule has 0 aliphatic carbocycles. The van der Waals surface area contributed by atoms with Crippen molar-refractivity contribution in [3.8, 4) is 6.07 Å². The quantitative estimate of drug-likeness (QED) is 0.680. The Morgan fingerprint density at radius 2 is 2.26 bits per heavy atom. The normalized spacial score (nSPS) is 11.6. The van der Waals surface area contributed by atoms with Crippen LogP contribution in [0.4, 0.5) is 11.4 Å². The van der Waals surface area contributed by atoms with Crippen molar-refractivity contribution in [1.82, 2.24) is 0 Å². The second-order valence-corrected chi connectivity index (χ2v) is 4.96. The summed E-state index contributed by atoms with van der Waals surface area (Å²) in [6.07, 6.45) is 0. The number of anilines is 1. The molecule has 0 fully saturated rings. The van der Waals surface area contributed by atoms with Crippen LogP contribution in [0.15, 0.2) is 35.7 Å². The van der Waals surface area contributed by atoms with E-state index in [1.807, 2.05) is 30.5 Å². The van der Waals surface area contributed by atoms with Crippen molar-refractivity contribution in [3.63, 3.8) is 0 Å². The van der Waals surface area contributed by atoms with Crippen molar-refractivity contribution in [2.24, 2.45) is 0 Å². The number of nitro benzene ring substituents is 1. The number of thiophene rings is 1. The molecule has 0 radical (unpaired) electrons. The van der Waals surface area contributed by atoms with Gasteiger partial charge in [0.1, 0.15) is 5.69 Å². The summed E-state index contributed by atoms with van der Waals surface area (Å²) in [6, 6.07) is 10.2. The first-order valence-electron chi connectivity index (χ1n) is 5.60. The van der Waals surface area contributed by atoms with Crippen LogP contribution < -0.4 is 5.32 Å². The number of benzene rings is 1. The zero-order valence-corrected chi connectivity index (χ0v) is 11.0. The van der Waals surface area contributed by atoms with Crippen molar-refractivity contribution < 1.29 is 4.92 Å². The van der Waals surface area contributed by atoms with E-state index in [1.165, 1.54) is 6.07 Å². The van der Waals surface area contributed by atoms with Crippen molar-refractivity contribution in [2.75, 3.05) is 5.32 Å². The van der Waals surface area contributed by atoms with E-state index >= 15 is 0 Å². The average molecular weight is 273 g/mol. The molecule has 6 heteroatoms. The summed E-state index contributed by atoms with van der Waals surface area (Å²) < 4.78 is 0. The van der Waals surface area contributed by atoms with E-state index < -0.39 is 4.92 Å². The molecule has 2 rings (SSSR count). The van der Waals surface area contributed by atoms with Crippen LogP contribution in [0, 0.1) is 21.4 Å². The third kappa shape index (κ3) is 2.89. The Bertz CT molecular complexity index is 632. The molecule has 0 bridgehead atoms. The minimum atomic E-state index is -0.482. The highest BCUT2D eigenvalue weighted by molar-refractivity contribution is 7.10. The molecule has 1 unspecified atom stereocenters. The summed E-state index contributed by atoms with van der Waals surface area (Å²) in [5.41, 5.74) is 0.619. The molecule has 1 N–H and O–H groups in total. The number of hydrogen-bond acceptors (Lipinski definition) is 5. The Balaban J connectivity index is 2.30. The van der Waals surface area contributed by atoms with Crippen molar-refractivity contribution in [1.29, 1.82) is 5.26 Å². The number of nitrogens with one attached hydrogen (secondary N) is 1. The SMILES string of the molecule is CC(Nc1ccc(C#N)cc1[N+](=O)[O-])c1cccs1. The second-order valence-electron chi connectivity index (χ2n) is 3.98. The number of nitriles is 1. The van der Waals surface area contributed by atoms with E-state index in [4.69, 9.17) is 5.26 Å². The fourth-order valence-electron chi connectivity index (χ4n) is 1.72. The highest BCUT2D eigenvalue weighted by Crippen LogP contribution is 2.30. The molecule has 5 nitrogen and oxygen atoms in total. The van der Waals surface area contributed by atoms with Gasteiger partial charge in [-0.2, -0.15) is 5.26 Å². The van der Waals surface area contributed by atoms with E-state index in [2.05, 4.69) is 5.32 Å². The van der Waals surface area contributed by atoms with Crippen LogP contribution in [0.3, 0.4) is 0 Å². The third-order valence-corrected chi connectivity index (χ3v) is 3.72. The molecule has 0 aliphatic heterocycles. The molecular weight excluding hydrogens is 262 g/mol. The van der Waals surface area contributed by atoms with E-state index in [0.717, 1.165) is 4.88 Å². The molecule has 96 valence electrons. The zero-order valence-electron chi connectivity index (χ0n) is 10.2.